The summed E-state index contributed by atoms with van der Waals surface area (Å²) in [5, 5.41) is 2.05. The minimum Gasteiger partial charge on any atom is -0.381 e. The number of ether oxygens (including phenoxy) is 2. The topological polar surface area (TPSA) is 76.2 Å². The summed E-state index contributed by atoms with van der Waals surface area (Å²) in [4.78, 5) is 16.8. The van der Waals surface area contributed by atoms with E-state index in [4.69, 9.17) is 9.47 Å². The third-order valence-corrected chi connectivity index (χ3v) is 8.63. The molecule has 0 aliphatic carbocycles. The molecule has 2 aromatic rings. The molecule has 3 heterocycles. The highest BCUT2D eigenvalue weighted by Gasteiger charge is 2.29. The molecule has 0 saturated carbocycles. The molecule has 1 aromatic carbocycles. The van der Waals surface area contributed by atoms with Gasteiger partial charge < -0.3 is 14.4 Å². The van der Waals surface area contributed by atoms with Crippen LogP contribution in [0.4, 0.5) is 0 Å². The molecule has 2 saturated heterocycles. The first-order chi connectivity index (χ1) is 15.1. The molecule has 0 unspecified atom stereocenters. The highest BCUT2D eigenvalue weighted by atomic mass is 32.2. The number of carbonyl (C=O) groups excluding carboxylic acids is 1. The third kappa shape index (κ3) is 5.35. The van der Waals surface area contributed by atoms with Crippen LogP contribution in [0.5, 0.6) is 0 Å². The summed E-state index contributed by atoms with van der Waals surface area (Å²) in [7, 11) is -3.57. The highest BCUT2D eigenvalue weighted by Crippen LogP contribution is 2.22. The van der Waals surface area contributed by atoms with E-state index in [0.29, 0.717) is 51.6 Å². The van der Waals surface area contributed by atoms with Gasteiger partial charge in [0.25, 0.3) is 5.91 Å². The Bertz CT molecular complexity index is 948. The summed E-state index contributed by atoms with van der Waals surface area (Å²) in [5.41, 5.74) is 0.513. The summed E-state index contributed by atoms with van der Waals surface area (Å²) in [5.74, 6) is -0.0567. The Kier molecular flexibility index (Phi) is 7.39. The van der Waals surface area contributed by atoms with Crippen LogP contribution in [0, 0.1) is 0 Å². The lowest BCUT2D eigenvalue weighted by atomic mass is 10.0. The van der Waals surface area contributed by atoms with E-state index < -0.39 is 10.0 Å². The van der Waals surface area contributed by atoms with Gasteiger partial charge in [-0.1, -0.05) is 6.07 Å². The number of morpholine rings is 1. The number of hydrogen-bond acceptors (Lipinski definition) is 6. The Labute approximate surface area is 187 Å². The van der Waals surface area contributed by atoms with Gasteiger partial charge in [-0.2, -0.15) is 4.31 Å². The van der Waals surface area contributed by atoms with Gasteiger partial charge in [0.05, 0.1) is 18.1 Å². The van der Waals surface area contributed by atoms with Gasteiger partial charge in [0.2, 0.25) is 10.0 Å². The van der Waals surface area contributed by atoms with Crippen LogP contribution in [-0.2, 0) is 25.9 Å². The number of nitrogens with zero attached hydrogens (tertiary/aromatic N) is 2. The number of carbonyl (C=O) groups is 1. The molecule has 9 heteroatoms. The van der Waals surface area contributed by atoms with Crippen LogP contribution in [0.1, 0.15) is 28.1 Å². The smallest absolute Gasteiger partial charge is 0.254 e. The number of benzene rings is 1. The van der Waals surface area contributed by atoms with Gasteiger partial charge in [-0.3, -0.25) is 4.79 Å². The van der Waals surface area contributed by atoms with Crippen molar-refractivity contribution in [1.29, 1.82) is 0 Å². The van der Waals surface area contributed by atoms with E-state index in [1.807, 2.05) is 16.3 Å². The fourth-order valence-corrected chi connectivity index (χ4v) is 6.11. The molecule has 2 aliphatic heterocycles. The van der Waals surface area contributed by atoms with Gasteiger partial charge in [0.1, 0.15) is 0 Å². The second-order valence-electron chi connectivity index (χ2n) is 7.71. The van der Waals surface area contributed by atoms with Crippen molar-refractivity contribution in [2.24, 2.45) is 0 Å². The number of sulfonamides is 1. The molecule has 7 nitrogen and oxygen atoms in total. The summed E-state index contributed by atoms with van der Waals surface area (Å²) >= 11 is 1.69. The van der Waals surface area contributed by atoms with Crippen LogP contribution in [0.15, 0.2) is 46.7 Å². The Morgan fingerprint density at radius 3 is 2.35 bits per heavy atom. The molecule has 168 valence electrons. The van der Waals surface area contributed by atoms with Crippen molar-refractivity contribution in [3.63, 3.8) is 0 Å². The predicted octanol–water partition coefficient (Wildman–Crippen LogP) is 2.63. The lowest BCUT2D eigenvalue weighted by Gasteiger charge is -2.34. The largest absolute Gasteiger partial charge is 0.381 e. The minimum absolute atomic E-state index is 0.0567. The average Bonchev–Trinajstić information content (AvgIpc) is 3.34. The van der Waals surface area contributed by atoms with E-state index in [1.54, 1.807) is 35.6 Å². The van der Waals surface area contributed by atoms with Crippen molar-refractivity contribution < 1.29 is 22.7 Å². The summed E-state index contributed by atoms with van der Waals surface area (Å²) in [6.07, 6.45) is 2.45. The molecule has 4 rings (SSSR count). The molecule has 2 fully saturated rings. The zero-order chi connectivity index (χ0) is 21.7. The van der Waals surface area contributed by atoms with Crippen LogP contribution >= 0.6 is 11.3 Å². The normalized spacial score (nSPS) is 18.7. The molecule has 0 atom stereocenters. The van der Waals surface area contributed by atoms with Crippen molar-refractivity contribution in [3.8, 4) is 0 Å². The number of thiophene rings is 1. The highest BCUT2D eigenvalue weighted by molar-refractivity contribution is 7.89. The van der Waals surface area contributed by atoms with E-state index in [2.05, 4.69) is 6.07 Å². The average molecular weight is 465 g/mol. The van der Waals surface area contributed by atoms with Crippen LogP contribution in [-0.4, -0.2) is 75.6 Å². The molecule has 0 radical (unpaired) electrons. The Morgan fingerprint density at radius 2 is 1.71 bits per heavy atom. The van der Waals surface area contributed by atoms with Gasteiger partial charge in [0, 0.05) is 49.3 Å². The second kappa shape index (κ2) is 10.2. The van der Waals surface area contributed by atoms with Crippen LogP contribution < -0.4 is 0 Å². The monoisotopic (exact) mass is 464 g/mol. The summed E-state index contributed by atoms with van der Waals surface area (Å²) < 4.78 is 37.9. The lowest BCUT2D eigenvalue weighted by Crippen LogP contribution is -2.44. The van der Waals surface area contributed by atoms with E-state index in [1.165, 1.54) is 9.18 Å². The first-order valence-corrected chi connectivity index (χ1v) is 13.0. The first-order valence-electron chi connectivity index (χ1n) is 10.6. The number of amides is 1. The molecule has 2 aliphatic rings. The molecule has 0 spiro atoms. The molecule has 0 N–H and O–H groups in total. The van der Waals surface area contributed by atoms with Gasteiger partial charge in [-0.15, -0.1) is 11.3 Å². The molecular weight excluding hydrogens is 436 g/mol. The van der Waals surface area contributed by atoms with Crippen LogP contribution in [0.25, 0.3) is 0 Å². The maximum Gasteiger partial charge on any atom is 0.254 e. The van der Waals surface area contributed by atoms with Gasteiger partial charge in [-0.05, 0) is 55.0 Å². The zero-order valence-electron chi connectivity index (χ0n) is 17.4. The maximum absolute atomic E-state index is 13.4. The first kappa shape index (κ1) is 22.4. The van der Waals surface area contributed by atoms with E-state index in [9.17, 15) is 13.2 Å². The predicted molar refractivity (Wildman–Crippen MR) is 119 cm³/mol. The molecule has 31 heavy (non-hydrogen) atoms. The van der Waals surface area contributed by atoms with Crippen molar-refractivity contribution in [2.75, 3.05) is 46.1 Å². The minimum atomic E-state index is -3.57. The van der Waals surface area contributed by atoms with E-state index in [0.717, 1.165) is 19.3 Å². The van der Waals surface area contributed by atoms with E-state index >= 15 is 0 Å². The molecule has 1 amide bonds. The maximum atomic E-state index is 13.4. The third-order valence-electron chi connectivity index (χ3n) is 5.78. The van der Waals surface area contributed by atoms with Gasteiger partial charge >= 0.3 is 0 Å². The Balaban J connectivity index is 1.50. The lowest BCUT2D eigenvalue weighted by molar-refractivity contribution is 0.0294. The summed E-state index contributed by atoms with van der Waals surface area (Å²) in [6, 6.07) is 10.6. The van der Waals surface area contributed by atoms with Crippen molar-refractivity contribution in [2.45, 2.75) is 30.2 Å². The quantitative estimate of drug-likeness (QED) is 0.630. The Hall–Kier alpha value is -1.78. The van der Waals surface area contributed by atoms with E-state index in [-0.39, 0.29) is 16.8 Å². The van der Waals surface area contributed by atoms with Crippen molar-refractivity contribution in [1.82, 2.24) is 9.21 Å². The molecular formula is C22H28N2O5S2. The fraction of sp³-hybridized carbons (Fsp3) is 0.500. The van der Waals surface area contributed by atoms with Crippen molar-refractivity contribution in [3.05, 3.63) is 52.2 Å². The standard InChI is InChI=1S/C22H28N2O5S2/c25-22(24(19-8-13-28-14-9-19)10-7-20-2-1-17-30-20)18-3-5-21(6-4-18)31(26,27)23-11-15-29-16-12-23/h1-6,17,19H,7-16H2. The van der Waals surface area contributed by atoms with Gasteiger partial charge in [-0.25, -0.2) is 8.42 Å². The molecule has 0 bridgehead atoms. The van der Waals surface area contributed by atoms with Crippen LogP contribution in [0.2, 0.25) is 0 Å². The molecule has 1 aromatic heterocycles. The van der Waals surface area contributed by atoms with Crippen molar-refractivity contribution >= 4 is 27.3 Å². The number of hydrogen-bond donors (Lipinski definition) is 0. The summed E-state index contributed by atoms with van der Waals surface area (Å²) in [6.45, 7) is 3.46. The van der Waals surface area contributed by atoms with Crippen LogP contribution in [0.3, 0.4) is 0 Å². The SMILES string of the molecule is O=C(c1ccc(S(=O)(=O)N2CCOCC2)cc1)N(CCc1cccs1)C1CCOCC1. The fourth-order valence-electron chi connectivity index (χ4n) is 4.00. The Morgan fingerprint density at radius 1 is 1.03 bits per heavy atom. The second-order valence-corrected chi connectivity index (χ2v) is 10.7. The van der Waals surface area contributed by atoms with Gasteiger partial charge in [0.15, 0.2) is 0 Å². The zero-order valence-corrected chi connectivity index (χ0v) is 19.1. The number of rotatable bonds is 7.